The molecule has 34 heavy (non-hydrogen) atoms. The number of aryl methyl sites for hydroxylation is 1. The van der Waals surface area contributed by atoms with Gasteiger partial charge in [0.25, 0.3) is 12.9 Å². The molecule has 13 heteroatoms. The SMILES string of the molecule is Cc1nn(CC(=O)Nc2nn(Cc3ccc(F)cc3)cc2Cl)c2nc(C(F)F)cc(C(F)F)c12. The standard InChI is InChI=1S/C21H16ClF5N6O/c1-10-17-13(18(24)25)6-15(19(26)27)28-21(17)33(30-10)9-16(34)29-20-14(22)8-32(31-20)7-11-2-4-12(23)5-3-11/h2-6,8,18-19H,7,9H2,1H3,(H,29,31,34). The number of carbonyl (C=O) groups is 1. The Kier molecular flexibility index (Phi) is 6.51. The maximum absolute atomic E-state index is 13.5. The van der Waals surface area contributed by atoms with E-state index in [1.54, 1.807) is 12.1 Å². The van der Waals surface area contributed by atoms with Crippen molar-refractivity contribution in [3.63, 3.8) is 0 Å². The van der Waals surface area contributed by atoms with Crippen LogP contribution in [0, 0.1) is 12.7 Å². The van der Waals surface area contributed by atoms with E-state index in [4.69, 9.17) is 11.6 Å². The van der Waals surface area contributed by atoms with E-state index >= 15 is 0 Å². The lowest BCUT2D eigenvalue weighted by molar-refractivity contribution is -0.116. The van der Waals surface area contributed by atoms with Crippen molar-refractivity contribution in [1.82, 2.24) is 24.5 Å². The first-order chi connectivity index (χ1) is 16.1. The highest BCUT2D eigenvalue weighted by molar-refractivity contribution is 6.33. The van der Waals surface area contributed by atoms with Gasteiger partial charge in [0, 0.05) is 11.8 Å². The van der Waals surface area contributed by atoms with Crippen LogP contribution in [0.2, 0.25) is 5.02 Å². The van der Waals surface area contributed by atoms with Crippen molar-refractivity contribution in [1.29, 1.82) is 0 Å². The first-order valence-corrected chi connectivity index (χ1v) is 10.2. The fraction of sp³-hybridized carbons (Fsp3) is 0.238. The third-order valence-corrected chi connectivity index (χ3v) is 5.19. The summed E-state index contributed by atoms with van der Waals surface area (Å²) in [6, 6.07) is 6.38. The van der Waals surface area contributed by atoms with Crippen LogP contribution >= 0.6 is 11.6 Å². The number of hydrogen-bond donors (Lipinski definition) is 1. The van der Waals surface area contributed by atoms with Crippen molar-refractivity contribution in [2.24, 2.45) is 0 Å². The number of rotatable bonds is 7. The number of nitrogens with one attached hydrogen (secondary N) is 1. The number of fused-ring (bicyclic) bond motifs is 1. The summed E-state index contributed by atoms with van der Waals surface area (Å²) >= 11 is 6.13. The van der Waals surface area contributed by atoms with E-state index in [0.29, 0.717) is 6.07 Å². The second kappa shape index (κ2) is 9.37. The minimum Gasteiger partial charge on any atom is -0.306 e. The van der Waals surface area contributed by atoms with Gasteiger partial charge in [0.2, 0.25) is 5.91 Å². The van der Waals surface area contributed by atoms with Gasteiger partial charge in [0.15, 0.2) is 11.5 Å². The molecule has 1 aromatic carbocycles. The fourth-order valence-electron chi connectivity index (χ4n) is 3.45. The Morgan fingerprint density at radius 1 is 1.12 bits per heavy atom. The molecular weight excluding hydrogens is 483 g/mol. The van der Waals surface area contributed by atoms with E-state index in [2.05, 4.69) is 20.5 Å². The number of carbonyl (C=O) groups excluding carboxylic acids is 1. The minimum atomic E-state index is -3.08. The van der Waals surface area contributed by atoms with Crippen molar-refractivity contribution in [2.75, 3.05) is 5.32 Å². The van der Waals surface area contributed by atoms with Crippen molar-refractivity contribution in [2.45, 2.75) is 32.9 Å². The molecule has 0 atom stereocenters. The summed E-state index contributed by atoms with van der Waals surface area (Å²) in [6.07, 6.45) is -4.65. The first kappa shape index (κ1) is 23.6. The lowest BCUT2D eigenvalue weighted by atomic mass is 10.1. The zero-order valence-electron chi connectivity index (χ0n) is 17.4. The van der Waals surface area contributed by atoms with Crippen LogP contribution in [-0.2, 0) is 17.9 Å². The number of hydrogen-bond acceptors (Lipinski definition) is 4. The molecule has 178 valence electrons. The van der Waals surface area contributed by atoms with E-state index < -0.39 is 36.6 Å². The lowest BCUT2D eigenvalue weighted by Gasteiger charge is -2.08. The number of pyridine rings is 1. The second-order valence-electron chi connectivity index (χ2n) is 7.38. The van der Waals surface area contributed by atoms with Crippen LogP contribution in [0.15, 0.2) is 36.5 Å². The van der Waals surface area contributed by atoms with Crippen LogP contribution in [-0.4, -0.2) is 30.5 Å². The van der Waals surface area contributed by atoms with Gasteiger partial charge >= 0.3 is 0 Å². The second-order valence-corrected chi connectivity index (χ2v) is 7.78. The summed E-state index contributed by atoms with van der Waals surface area (Å²) in [5.74, 6) is -1.04. The maximum atomic E-state index is 13.5. The summed E-state index contributed by atoms with van der Waals surface area (Å²) in [4.78, 5) is 16.3. The number of nitrogens with zero attached hydrogens (tertiary/aromatic N) is 5. The van der Waals surface area contributed by atoms with Gasteiger partial charge in [-0.1, -0.05) is 23.7 Å². The van der Waals surface area contributed by atoms with Crippen molar-refractivity contribution >= 4 is 34.4 Å². The molecular formula is C21H16ClF5N6O. The Hall–Kier alpha value is -3.54. The molecule has 0 saturated carbocycles. The van der Waals surface area contributed by atoms with Gasteiger partial charge in [-0.25, -0.2) is 31.6 Å². The topological polar surface area (TPSA) is 77.6 Å². The van der Waals surface area contributed by atoms with E-state index in [9.17, 15) is 26.7 Å². The van der Waals surface area contributed by atoms with Crippen LogP contribution in [0.1, 0.15) is 35.4 Å². The van der Waals surface area contributed by atoms with Gasteiger partial charge in [-0.2, -0.15) is 10.2 Å². The number of benzene rings is 1. The quantitative estimate of drug-likeness (QED) is 0.351. The van der Waals surface area contributed by atoms with Gasteiger partial charge in [0.05, 0.1) is 17.6 Å². The largest absolute Gasteiger partial charge is 0.306 e. The maximum Gasteiger partial charge on any atom is 0.280 e. The average Bonchev–Trinajstić information content (AvgIpc) is 3.27. The molecule has 0 radical (unpaired) electrons. The Morgan fingerprint density at radius 3 is 2.47 bits per heavy atom. The molecule has 1 amide bonds. The third-order valence-electron chi connectivity index (χ3n) is 4.91. The molecule has 0 fully saturated rings. The number of aromatic nitrogens is 5. The average molecular weight is 499 g/mol. The Balaban J connectivity index is 1.56. The predicted molar refractivity (Wildman–Crippen MR) is 114 cm³/mol. The highest BCUT2D eigenvalue weighted by atomic mass is 35.5. The van der Waals surface area contributed by atoms with Gasteiger partial charge in [-0.05, 0) is 30.7 Å². The zero-order valence-corrected chi connectivity index (χ0v) is 18.2. The molecule has 4 aromatic rings. The molecule has 7 nitrogen and oxygen atoms in total. The van der Waals surface area contributed by atoms with Gasteiger partial charge in [-0.15, -0.1) is 0 Å². The minimum absolute atomic E-state index is 0.0245. The monoisotopic (exact) mass is 498 g/mol. The molecule has 0 aliphatic heterocycles. The van der Waals surface area contributed by atoms with Crippen molar-refractivity contribution < 1.29 is 26.7 Å². The fourth-order valence-corrected chi connectivity index (χ4v) is 3.65. The Morgan fingerprint density at radius 2 is 1.82 bits per heavy atom. The van der Waals surface area contributed by atoms with Crippen LogP contribution in [0.3, 0.4) is 0 Å². The summed E-state index contributed by atoms with van der Waals surface area (Å²) in [7, 11) is 0. The predicted octanol–water partition coefficient (Wildman–Crippen LogP) is 5.29. The molecule has 4 rings (SSSR count). The van der Waals surface area contributed by atoms with Gasteiger partial charge in [0.1, 0.15) is 23.1 Å². The highest BCUT2D eigenvalue weighted by Crippen LogP contribution is 2.32. The lowest BCUT2D eigenvalue weighted by Crippen LogP contribution is -2.20. The summed E-state index contributed by atoms with van der Waals surface area (Å²) in [5, 5.41) is 10.7. The first-order valence-electron chi connectivity index (χ1n) is 9.84. The van der Waals surface area contributed by atoms with Crippen molar-refractivity contribution in [3.8, 4) is 0 Å². The number of halogens is 6. The molecule has 0 unspecified atom stereocenters. The number of anilines is 1. The zero-order chi connectivity index (χ0) is 24.6. The molecule has 0 spiro atoms. The van der Waals surface area contributed by atoms with Crippen molar-refractivity contribution in [3.05, 3.63) is 69.9 Å². The smallest absolute Gasteiger partial charge is 0.280 e. The summed E-state index contributed by atoms with van der Waals surface area (Å²) in [6.45, 7) is 1.17. The third kappa shape index (κ3) is 4.86. The van der Waals surface area contributed by atoms with Crippen LogP contribution < -0.4 is 5.32 Å². The molecule has 1 N–H and O–H groups in total. The molecule has 3 aromatic heterocycles. The van der Waals surface area contributed by atoms with Crippen LogP contribution in [0.5, 0.6) is 0 Å². The number of alkyl halides is 4. The molecule has 3 heterocycles. The Bertz CT molecular complexity index is 1350. The van der Waals surface area contributed by atoms with E-state index in [0.717, 1.165) is 10.2 Å². The normalized spacial score (nSPS) is 11.7. The van der Waals surface area contributed by atoms with E-state index in [1.165, 1.54) is 29.9 Å². The van der Waals surface area contributed by atoms with Crippen LogP contribution in [0.25, 0.3) is 11.0 Å². The molecule has 0 aliphatic carbocycles. The van der Waals surface area contributed by atoms with Gasteiger partial charge < -0.3 is 5.32 Å². The summed E-state index contributed by atoms with van der Waals surface area (Å²) < 4.78 is 68.8. The summed E-state index contributed by atoms with van der Waals surface area (Å²) in [5.41, 5.74) is -0.867. The Labute approximate surface area is 194 Å². The van der Waals surface area contributed by atoms with E-state index in [1.807, 2.05) is 0 Å². The van der Waals surface area contributed by atoms with E-state index in [-0.39, 0.29) is 39.9 Å². The number of amides is 1. The molecule has 0 aliphatic rings. The van der Waals surface area contributed by atoms with Gasteiger partial charge in [-0.3, -0.25) is 9.48 Å². The molecule has 0 saturated heterocycles. The van der Waals surface area contributed by atoms with Crippen LogP contribution in [0.4, 0.5) is 27.8 Å². The molecule has 0 bridgehead atoms. The highest BCUT2D eigenvalue weighted by Gasteiger charge is 2.24.